The van der Waals surface area contributed by atoms with Gasteiger partial charge in [-0.15, -0.1) is 0 Å². The Bertz CT molecular complexity index is 465. The third-order valence-corrected chi connectivity index (χ3v) is 2.51. The fourth-order valence-corrected chi connectivity index (χ4v) is 1.50. The highest BCUT2D eigenvalue weighted by Gasteiger charge is 1.99. The molecular weight excluding hydrogens is 258 g/mol. The molecule has 20 heavy (non-hydrogen) atoms. The number of carbonyl (C=O) groups excluding carboxylic acids is 2. The van der Waals surface area contributed by atoms with Crippen molar-refractivity contribution in [3.05, 3.63) is 36.4 Å². The number of aliphatic carboxylic acids is 1. The number of hydrogen-bond acceptors (Lipinski definition) is 4. The summed E-state index contributed by atoms with van der Waals surface area (Å²) >= 11 is 0. The Morgan fingerprint density at radius 2 is 1.90 bits per heavy atom. The lowest BCUT2D eigenvalue weighted by atomic mass is 10.2. The number of carboxylic acid groups (broad SMARTS) is 1. The van der Waals surface area contributed by atoms with E-state index in [0.717, 1.165) is 31.1 Å². The summed E-state index contributed by atoms with van der Waals surface area (Å²) in [5, 5.41) is 12.7. The molecule has 5 heteroatoms. The molecule has 5 nitrogen and oxygen atoms in total. The van der Waals surface area contributed by atoms with Gasteiger partial charge in [0.2, 0.25) is 5.91 Å². The van der Waals surface area contributed by atoms with Crippen LogP contribution in [0.25, 0.3) is 0 Å². The number of rotatable bonds is 8. The van der Waals surface area contributed by atoms with Crippen LogP contribution in [0.2, 0.25) is 0 Å². The minimum atomic E-state index is -1.41. The fourth-order valence-electron chi connectivity index (χ4n) is 1.50. The Kier molecular flexibility index (Phi) is 6.89. The number of amides is 1. The van der Waals surface area contributed by atoms with Crippen molar-refractivity contribution in [3.8, 4) is 5.75 Å². The summed E-state index contributed by atoms with van der Waals surface area (Å²) in [6, 6.07) is 6.90. The van der Waals surface area contributed by atoms with Crippen LogP contribution >= 0.6 is 0 Å². The third-order valence-electron chi connectivity index (χ3n) is 2.51. The maximum absolute atomic E-state index is 11.3. The highest BCUT2D eigenvalue weighted by molar-refractivity contribution is 6.02. The van der Waals surface area contributed by atoms with Gasteiger partial charge in [-0.3, -0.25) is 4.79 Å². The molecule has 0 saturated heterocycles. The van der Waals surface area contributed by atoms with Gasteiger partial charge in [-0.25, -0.2) is 0 Å². The average molecular weight is 276 g/mol. The predicted molar refractivity (Wildman–Crippen MR) is 74.2 cm³/mol. The molecule has 108 valence electrons. The Balaban J connectivity index is 2.42. The zero-order chi connectivity index (χ0) is 14.8. The lowest BCUT2D eigenvalue weighted by molar-refractivity contribution is -0.297. The molecule has 1 aromatic rings. The maximum Gasteiger partial charge on any atom is 0.248 e. The van der Waals surface area contributed by atoms with Crippen molar-refractivity contribution in [2.75, 3.05) is 11.9 Å². The molecule has 0 radical (unpaired) electrons. The van der Waals surface area contributed by atoms with E-state index >= 15 is 0 Å². The summed E-state index contributed by atoms with van der Waals surface area (Å²) in [6.07, 6.45) is 4.89. The number of carbonyl (C=O) groups is 2. The number of ether oxygens (including phenoxy) is 1. The van der Waals surface area contributed by atoms with Gasteiger partial charge >= 0.3 is 0 Å². The van der Waals surface area contributed by atoms with Crippen molar-refractivity contribution in [1.82, 2.24) is 0 Å². The molecule has 0 aliphatic carbocycles. The predicted octanol–water partition coefficient (Wildman–Crippen LogP) is 1.50. The summed E-state index contributed by atoms with van der Waals surface area (Å²) in [6.45, 7) is 2.81. The number of unbranched alkanes of at least 4 members (excludes halogenated alkanes) is 2. The SMILES string of the molecule is CCCCCOc1ccc(NC(=O)/C=C/C(=O)[O-])cc1. The molecule has 0 spiro atoms. The van der Waals surface area contributed by atoms with E-state index in [1.165, 1.54) is 0 Å². The summed E-state index contributed by atoms with van der Waals surface area (Å²) in [7, 11) is 0. The van der Waals surface area contributed by atoms with E-state index in [1.54, 1.807) is 24.3 Å². The molecule has 0 fully saturated rings. The summed E-state index contributed by atoms with van der Waals surface area (Å²) in [5.41, 5.74) is 0.568. The van der Waals surface area contributed by atoms with Crippen LogP contribution in [0.5, 0.6) is 5.75 Å². The van der Waals surface area contributed by atoms with Crippen LogP contribution in [0.15, 0.2) is 36.4 Å². The second-order valence-corrected chi connectivity index (χ2v) is 4.22. The van der Waals surface area contributed by atoms with Gasteiger partial charge in [0.05, 0.1) is 12.6 Å². The van der Waals surface area contributed by atoms with Gasteiger partial charge in [-0.05, 0) is 36.8 Å². The van der Waals surface area contributed by atoms with Crippen LogP contribution in [0, 0.1) is 0 Å². The number of hydrogen-bond donors (Lipinski definition) is 1. The molecule has 1 aromatic carbocycles. The summed E-state index contributed by atoms with van der Waals surface area (Å²) < 4.78 is 5.53. The van der Waals surface area contributed by atoms with Crippen LogP contribution < -0.4 is 15.2 Å². The first-order chi connectivity index (χ1) is 9.61. The Morgan fingerprint density at radius 3 is 2.50 bits per heavy atom. The van der Waals surface area contributed by atoms with Gasteiger partial charge in [0.25, 0.3) is 0 Å². The first-order valence-corrected chi connectivity index (χ1v) is 6.54. The molecule has 0 saturated carbocycles. The second kappa shape index (κ2) is 8.74. The van der Waals surface area contributed by atoms with Crippen molar-refractivity contribution >= 4 is 17.6 Å². The molecule has 1 amide bonds. The Morgan fingerprint density at radius 1 is 1.20 bits per heavy atom. The first-order valence-electron chi connectivity index (χ1n) is 6.54. The van der Waals surface area contributed by atoms with Gasteiger partial charge in [-0.2, -0.15) is 0 Å². The highest BCUT2D eigenvalue weighted by atomic mass is 16.5. The van der Waals surface area contributed by atoms with Gasteiger partial charge in [0, 0.05) is 11.8 Å². The molecule has 0 unspecified atom stereocenters. The van der Waals surface area contributed by atoms with Crippen molar-refractivity contribution in [1.29, 1.82) is 0 Å². The van der Waals surface area contributed by atoms with Crippen LogP contribution in [-0.2, 0) is 9.59 Å². The van der Waals surface area contributed by atoms with Crippen LogP contribution in [0.1, 0.15) is 26.2 Å². The zero-order valence-corrected chi connectivity index (χ0v) is 11.4. The van der Waals surface area contributed by atoms with Crippen molar-refractivity contribution < 1.29 is 19.4 Å². The van der Waals surface area contributed by atoms with E-state index < -0.39 is 11.9 Å². The lowest BCUT2D eigenvalue weighted by Crippen LogP contribution is -2.20. The molecule has 0 atom stereocenters. The van der Waals surface area contributed by atoms with Gasteiger partial charge in [0.15, 0.2) is 0 Å². The van der Waals surface area contributed by atoms with Crippen molar-refractivity contribution in [3.63, 3.8) is 0 Å². The van der Waals surface area contributed by atoms with E-state index in [9.17, 15) is 14.7 Å². The molecule has 0 aliphatic heterocycles. The highest BCUT2D eigenvalue weighted by Crippen LogP contribution is 2.16. The summed E-state index contributed by atoms with van der Waals surface area (Å²) in [5.74, 6) is -1.19. The van der Waals surface area contributed by atoms with Crippen molar-refractivity contribution in [2.45, 2.75) is 26.2 Å². The van der Waals surface area contributed by atoms with E-state index in [1.807, 2.05) is 0 Å². The molecule has 1 rings (SSSR count). The molecule has 0 bridgehead atoms. The van der Waals surface area contributed by atoms with Gasteiger partial charge in [-0.1, -0.05) is 19.8 Å². The molecule has 0 aliphatic rings. The molecule has 0 aromatic heterocycles. The zero-order valence-electron chi connectivity index (χ0n) is 11.4. The van der Waals surface area contributed by atoms with Crippen LogP contribution in [0.3, 0.4) is 0 Å². The van der Waals surface area contributed by atoms with Crippen LogP contribution in [0.4, 0.5) is 5.69 Å². The molecule has 0 heterocycles. The second-order valence-electron chi connectivity index (χ2n) is 4.22. The van der Waals surface area contributed by atoms with E-state index in [-0.39, 0.29) is 0 Å². The lowest BCUT2D eigenvalue weighted by Gasteiger charge is -2.07. The Hall–Kier alpha value is -2.30. The largest absolute Gasteiger partial charge is 0.545 e. The van der Waals surface area contributed by atoms with Crippen LogP contribution in [-0.4, -0.2) is 18.5 Å². The van der Waals surface area contributed by atoms with E-state index in [4.69, 9.17) is 4.74 Å². The maximum atomic E-state index is 11.3. The molecule has 1 N–H and O–H groups in total. The smallest absolute Gasteiger partial charge is 0.248 e. The van der Waals surface area contributed by atoms with E-state index in [2.05, 4.69) is 12.2 Å². The number of nitrogens with one attached hydrogen (secondary N) is 1. The average Bonchev–Trinajstić information content (AvgIpc) is 2.43. The number of benzene rings is 1. The van der Waals surface area contributed by atoms with Gasteiger partial charge in [0.1, 0.15) is 5.75 Å². The fraction of sp³-hybridized carbons (Fsp3) is 0.333. The van der Waals surface area contributed by atoms with E-state index in [0.29, 0.717) is 18.4 Å². The molecular formula is C15H18NO4-. The van der Waals surface area contributed by atoms with Gasteiger partial charge < -0.3 is 20.0 Å². The quantitative estimate of drug-likeness (QED) is 0.576. The standard InChI is InChI=1S/C15H19NO4/c1-2-3-4-11-20-13-7-5-12(6-8-13)16-14(17)9-10-15(18)19/h5-10H,2-4,11H2,1H3,(H,16,17)(H,18,19)/p-1/b10-9+. The topological polar surface area (TPSA) is 78.5 Å². The first kappa shape index (κ1) is 15.8. The third kappa shape index (κ3) is 6.58. The monoisotopic (exact) mass is 276 g/mol. The number of carboxylic acids is 1. The Labute approximate surface area is 118 Å². The minimum absolute atomic E-state index is 0.522. The number of anilines is 1. The van der Waals surface area contributed by atoms with Crippen molar-refractivity contribution in [2.24, 2.45) is 0 Å². The summed E-state index contributed by atoms with van der Waals surface area (Å²) in [4.78, 5) is 21.5. The minimum Gasteiger partial charge on any atom is -0.545 e. The normalized spacial score (nSPS) is 10.4.